The van der Waals surface area contributed by atoms with Crippen molar-refractivity contribution < 1.29 is 14.3 Å². The Morgan fingerprint density at radius 3 is 2.30 bits per heavy atom. The predicted octanol–water partition coefficient (Wildman–Crippen LogP) is 3.06. The van der Waals surface area contributed by atoms with E-state index in [1.54, 1.807) is 31.2 Å². The zero-order valence-corrected chi connectivity index (χ0v) is 13.9. The van der Waals surface area contributed by atoms with Gasteiger partial charge in [0.05, 0.1) is 6.61 Å². The Morgan fingerprint density at radius 2 is 1.74 bits per heavy atom. The van der Waals surface area contributed by atoms with E-state index < -0.39 is 5.92 Å². The third-order valence-corrected chi connectivity index (χ3v) is 4.01. The van der Waals surface area contributed by atoms with Crippen LogP contribution in [0.4, 0.5) is 5.69 Å². The number of carbonyl (C=O) groups excluding carboxylic acids is 1. The molecule has 1 aromatic carbocycles. The first-order chi connectivity index (χ1) is 10.9. The molecule has 2 rings (SSSR count). The number of carbonyl (C=O) groups is 1. The van der Waals surface area contributed by atoms with E-state index >= 15 is 0 Å². The van der Waals surface area contributed by atoms with E-state index in [0.717, 1.165) is 5.56 Å². The Bertz CT molecular complexity index is 649. The van der Waals surface area contributed by atoms with Gasteiger partial charge in [-0.25, -0.2) is 0 Å². The second kappa shape index (κ2) is 7.37. The monoisotopic (exact) mass is 317 g/mol. The van der Waals surface area contributed by atoms with Crippen LogP contribution >= 0.6 is 0 Å². The number of nitrogens with one attached hydrogen (secondary N) is 1. The van der Waals surface area contributed by atoms with E-state index in [0.29, 0.717) is 23.4 Å². The van der Waals surface area contributed by atoms with Crippen molar-refractivity contribution in [2.75, 3.05) is 5.32 Å². The van der Waals surface area contributed by atoms with Gasteiger partial charge in [-0.1, -0.05) is 32.9 Å². The van der Waals surface area contributed by atoms with Gasteiger partial charge in [0.25, 0.3) is 0 Å². The summed E-state index contributed by atoms with van der Waals surface area (Å²) in [4.78, 5) is 12.3. The lowest BCUT2D eigenvalue weighted by Crippen LogP contribution is -2.19. The van der Waals surface area contributed by atoms with Crippen molar-refractivity contribution in [2.24, 2.45) is 5.92 Å². The first-order valence-corrected chi connectivity index (χ1v) is 7.76. The third-order valence-electron chi connectivity index (χ3n) is 4.01. The Balaban J connectivity index is 2.04. The number of anilines is 1. The second-order valence-corrected chi connectivity index (χ2v) is 6.08. The standard InChI is InChI=1S/C17H23N3O3/c1-10(2)11(3)16-19-20-17(23-16)12(4)15(22)18-14-7-5-13(9-21)6-8-14/h5-8,10-12,21H,9H2,1-4H3,(H,18,22)/t11-,12?/m0/s1. The fraction of sp³-hybridized carbons (Fsp3) is 0.471. The summed E-state index contributed by atoms with van der Waals surface area (Å²) in [6, 6.07) is 7.01. The molecule has 0 aliphatic carbocycles. The molecule has 0 saturated carbocycles. The third kappa shape index (κ3) is 4.16. The number of benzene rings is 1. The smallest absolute Gasteiger partial charge is 0.236 e. The van der Waals surface area contributed by atoms with Crippen molar-refractivity contribution in [3.63, 3.8) is 0 Å². The van der Waals surface area contributed by atoms with Gasteiger partial charge in [-0.05, 0) is 30.5 Å². The van der Waals surface area contributed by atoms with E-state index in [9.17, 15) is 4.79 Å². The highest BCUT2D eigenvalue weighted by Crippen LogP contribution is 2.25. The molecule has 6 nitrogen and oxygen atoms in total. The van der Waals surface area contributed by atoms with Crippen molar-refractivity contribution >= 4 is 11.6 Å². The molecule has 0 aliphatic heterocycles. The molecular weight excluding hydrogens is 294 g/mol. The Labute approximate surface area is 135 Å². The first-order valence-electron chi connectivity index (χ1n) is 7.76. The van der Waals surface area contributed by atoms with Gasteiger partial charge in [-0.3, -0.25) is 4.79 Å². The molecule has 0 bridgehead atoms. The van der Waals surface area contributed by atoms with Gasteiger partial charge in [0, 0.05) is 11.6 Å². The molecular formula is C17H23N3O3. The van der Waals surface area contributed by atoms with Crippen molar-refractivity contribution in [2.45, 2.75) is 46.1 Å². The molecule has 124 valence electrons. The number of hydrogen-bond donors (Lipinski definition) is 2. The molecule has 23 heavy (non-hydrogen) atoms. The predicted molar refractivity (Wildman–Crippen MR) is 87.0 cm³/mol. The number of amides is 1. The minimum atomic E-state index is -0.534. The quantitative estimate of drug-likeness (QED) is 0.855. The van der Waals surface area contributed by atoms with Crippen LogP contribution in [0, 0.1) is 5.92 Å². The summed E-state index contributed by atoms with van der Waals surface area (Å²) in [6.07, 6.45) is 0. The zero-order valence-electron chi connectivity index (χ0n) is 13.9. The lowest BCUT2D eigenvalue weighted by atomic mass is 9.98. The van der Waals surface area contributed by atoms with E-state index in [4.69, 9.17) is 9.52 Å². The minimum Gasteiger partial charge on any atom is -0.424 e. The lowest BCUT2D eigenvalue weighted by Gasteiger charge is -2.11. The molecule has 0 radical (unpaired) electrons. The molecule has 2 atom stereocenters. The number of aliphatic hydroxyl groups is 1. The van der Waals surface area contributed by atoms with Gasteiger partial charge in [0.15, 0.2) is 0 Å². The van der Waals surface area contributed by atoms with Crippen LogP contribution in [0.15, 0.2) is 28.7 Å². The summed E-state index contributed by atoms with van der Waals surface area (Å²) in [6.45, 7) is 7.90. The number of aromatic nitrogens is 2. The zero-order chi connectivity index (χ0) is 17.0. The van der Waals surface area contributed by atoms with Crippen LogP contribution in [-0.4, -0.2) is 21.2 Å². The Hall–Kier alpha value is -2.21. The van der Waals surface area contributed by atoms with Crippen LogP contribution in [0.1, 0.15) is 56.9 Å². The van der Waals surface area contributed by atoms with Gasteiger partial charge < -0.3 is 14.8 Å². The Morgan fingerprint density at radius 1 is 1.13 bits per heavy atom. The van der Waals surface area contributed by atoms with Gasteiger partial charge in [0.1, 0.15) is 5.92 Å². The summed E-state index contributed by atoms with van der Waals surface area (Å²) in [5.41, 5.74) is 1.45. The van der Waals surface area contributed by atoms with E-state index in [-0.39, 0.29) is 18.4 Å². The summed E-state index contributed by atoms with van der Waals surface area (Å²) >= 11 is 0. The van der Waals surface area contributed by atoms with E-state index in [1.807, 2.05) is 6.92 Å². The topological polar surface area (TPSA) is 88.2 Å². The van der Waals surface area contributed by atoms with Crippen LogP contribution in [0.5, 0.6) is 0 Å². The maximum atomic E-state index is 12.3. The fourth-order valence-corrected chi connectivity index (χ4v) is 1.95. The van der Waals surface area contributed by atoms with Crippen molar-refractivity contribution in [1.82, 2.24) is 10.2 Å². The number of nitrogens with zero attached hydrogens (tertiary/aromatic N) is 2. The highest BCUT2D eigenvalue weighted by molar-refractivity contribution is 5.94. The van der Waals surface area contributed by atoms with E-state index in [1.165, 1.54) is 0 Å². The largest absolute Gasteiger partial charge is 0.424 e. The number of rotatable bonds is 6. The van der Waals surface area contributed by atoms with Crippen LogP contribution in [0.3, 0.4) is 0 Å². The summed E-state index contributed by atoms with van der Waals surface area (Å²) in [5, 5.41) is 19.9. The minimum absolute atomic E-state index is 0.0244. The molecule has 1 amide bonds. The van der Waals surface area contributed by atoms with Crippen molar-refractivity contribution in [1.29, 1.82) is 0 Å². The highest BCUT2D eigenvalue weighted by Gasteiger charge is 2.24. The highest BCUT2D eigenvalue weighted by atomic mass is 16.4. The normalized spacial score (nSPS) is 13.8. The van der Waals surface area contributed by atoms with Crippen LogP contribution < -0.4 is 5.32 Å². The lowest BCUT2D eigenvalue weighted by molar-refractivity contribution is -0.117. The van der Waals surface area contributed by atoms with E-state index in [2.05, 4.69) is 29.4 Å². The van der Waals surface area contributed by atoms with Crippen LogP contribution in [-0.2, 0) is 11.4 Å². The number of aliphatic hydroxyl groups excluding tert-OH is 1. The number of hydrogen-bond acceptors (Lipinski definition) is 5. The second-order valence-electron chi connectivity index (χ2n) is 6.08. The van der Waals surface area contributed by atoms with Crippen molar-refractivity contribution in [3.05, 3.63) is 41.6 Å². The molecule has 0 fully saturated rings. The molecule has 1 aromatic heterocycles. The first kappa shape index (κ1) is 17.1. The summed E-state index contributed by atoms with van der Waals surface area (Å²) in [7, 11) is 0. The summed E-state index contributed by atoms with van der Waals surface area (Å²) in [5.74, 6) is 0.663. The van der Waals surface area contributed by atoms with Crippen LogP contribution in [0.25, 0.3) is 0 Å². The van der Waals surface area contributed by atoms with Gasteiger partial charge in [-0.2, -0.15) is 0 Å². The van der Waals surface area contributed by atoms with Gasteiger partial charge in [-0.15, -0.1) is 10.2 Å². The maximum absolute atomic E-state index is 12.3. The fourth-order valence-electron chi connectivity index (χ4n) is 1.95. The van der Waals surface area contributed by atoms with Gasteiger partial charge >= 0.3 is 0 Å². The molecule has 0 spiro atoms. The van der Waals surface area contributed by atoms with Gasteiger partial charge in [0.2, 0.25) is 17.7 Å². The molecule has 2 aromatic rings. The molecule has 6 heteroatoms. The molecule has 1 unspecified atom stereocenters. The van der Waals surface area contributed by atoms with Crippen LogP contribution in [0.2, 0.25) is 0 Å². The SMILES string of the molecule is CC(C(=O)Nc1ccc(CO)cc1)c1nnc([C@@H](C)C(C)C)o1. The molecule has 0 aliphatic rings. The molecule has 1 heterocycles. The maximum Gasteiger partial charge on any atom is 0.236 e. The Kier molecular flexibility index (Phi) is 5.50. The molecule has 0 saturated heterocycles. The molecule has 2 N–H and O–H groups in total. The average molecular weight is 317 g/mol. The summed E-state index contributed by atoms with van der Waals surface area (Å²) < 4.78 is 5.65. The average Bonchev–Trinajstić information content (AvgIpc) is 3.03. The van der Waals surface area contributed by atoms with Crippen molar-refractivity contribution in [3.8, 4) is 0 Å².